The first kappa shape index (κ1) is 22.8. The van der Waals surface area contributed by atoms with Gasteiger partial charge in [0.1, 0.15) is 5.75 Å². The van der Waals surface area contributed by atoms with Gasteiger partial charge in [-0.2, -0.15) is 0 Å². The Hall–Kier alpha value is -2.89. The van der Waals surface area contributed by atoms with Gasteiger partial charge in [-0.15, -0.1) is 0 Å². The van der Waals surface area contributed by atoms with Crippen LogP contribution in [0.5, 0.6) is 5.75 Å². The molecule has 0 spiro atoms. The molecule has 0 radical (unpaired) electrons. The van der Waals surface area contributed by atoms with Crippen molar-refractivity contribution in [3.63, 3.8) is 0 Å². The van der Waals surface area contributed by atoms with Crippen LogP contribution in [0.3, 0.4) is 0 Å². The highest BCUT2D eigenvalue weighted by Gasteiger charge is 2.08. The van der Waals surface area contributed by atoms with E-state index in [1.165, 1.54) is 5.56 Å². The molecule has 160 valence electrons. The number of benzene rings is 3. The molecular weight excluding hydrogens is 428 g/mol. The van der Waals surface area contributed by atoms with Crippen molar-refractivity contribution in [1.82, 2.24) is 5.32 Å². The molecule has 6 heteroatoms. The van der Waals surface area contributed by atoms with Crippen molar-refractivity contribution < 1.29 is 9.53 Å². The van der Waals surface area contributed by atoms with Crippen LogP contribution in [0.4, 0.5) is 5.69 Å². The van der Waals surface area contributed by atoms with Gasteiger partial charge in [0.15, 0.2) is 5.11 Å². The van der Waals surface area contributed by atoms with Gasteiger partial charge in [-0.3, -0.25) is 4.79 Å². The third-order valence-electron chi connectivity index (χ3n) is 4.65. The van der Waals surface area contributed by atoms with E-state index in [4.69, 9.17) is 28.6 Å². The number of ether oxygens (including phenoxy) is 1. The molecule has 3 aromatic rings. The quantitative estimate of drug-likeness (QED) is 0.318. The summed E-state index contributed by atoms with van der Waals surface area (Å²) in [6.07, 6.45) is 2.77. The second-order valence-corrected chi connectivity index (χ2v) is 7.87. The molecule has 3 rings (SSSR count). The van der Waals surface area contributed by atoms with E-state index in [-0.39, 0.29) is 11.0 Å². The first-order chi connectivity index (χ1) is 15.1. The second-order valence-electron chi connectivity index (χ2n) is 7.06. The van der Waals surface area contributed by atoms with Crippen LogP contribution in [-0.4, -0.2) is 17.6 Å². The molecule has 0 aliphatic heterocycles. The molecule has 0 saturated carbocycles. The van der Waals surface area contributed by atoms with Crippen LogP contribution >= 0.6 is 23.8 Å². The SMILES string of the molecule is O=C(CCc1ccccc1Cl)NC(=S)Nc1cccc(OCCCc2ccccc2)c1. The van der Waals surface area contributed by atoms with Crippen LogP contribution in [0.25, 0.3) is 0 Å². The molecular formula is C25H25ClN2O2S. The second kappa shape index (κ2) is 12.1. The number of hydrogen-bond acceptors (Lipinski definition) is 3. The van der Waals surface area contributed by atoms with Crippen molar-refractivity contribution in [3.05, 3.63) is 95.0 Å². The maximum Gasteiger partial charge on any atom is 0.226 e. The molecule has 0 bridgehead atoms. The first-order valence-electron chi connectivity index (χ1n) is 10.2. The van der Waals surface area contributed by atoms with Crippen molar-refractivity contribution in [2.75, 3.05) is 11.9 Å². The van der Waals surface area contributed by atoms with Crippen molar-refractivity contribution in [2.24, 2.45) is 0 Å². The summed E-state index contributed by atoms with van der Waals surface area (Å²) in [4.78, 5) is 12.2. The largest absolute Gasteiger partial charge is 0.494 e. The van der Waals surface area contributed by atoms with Crippen LogP contribution in [0, 0.1) is 0 Å². The molecule has 0 heterocycles. The van der Waals surface area contributed by atoms with E-state index in [9.17, 15) is 4.79 Å². The molecule has 3 aromatic carbocycles. The predicted molar refractivity (Wildman–Crippen MR) is 131 cm³/mol. The maximum atomic E-state index is 12.2. The topological polar surface area (TPSA) is 50.4 Å². The zero-order chi connectivity index (χ0) is 21.9. The monoisotopic (exact) mass is 452 g/mol. The molecule has 0 aliphatic rings. The van der Waals surface area contributed by atoms with Crippen molar-refractivity contribution in [2.45, 2.75) is 25.7 Å². The minimum atomic E-state index is -0.161. The summed E-state index contributed by atoms with van der Waals surface area (Å²) in [7, 11) is 0. The van der Waals surface area contributed by atoms with E-state index in [2.05, 4.69) is 22.8 Å². The van der Waals surface area contributed by atoms with Crippen LogP contribution in [0.1, 0.15) is 24.0 Å². The lowest BCUT2D eigenvalue weighted by Crippen LogP contribution is -2.34. The Kier molecular flexibility index (Phi) is 8.88. The van der Waals surface area contributed by atoms with E-state index in [0.29, 0.717) is 24.5 Å². The number of aryl methyl sites for hydroxylation is 2. The minimum absolute atomic E-state index is 0.161. The Morgan fingerprint density at radius 1 is 0.935 bits per heavy atom. The molecule has 0 aliphatic carbocycles. The van der Waals surface area contributed by atoms with Gasteiger partial charge in [-0.25, -0.2) is 0 Å². The van der Waals surface area contributed by atoms with Gasteiger partial charge in [0, 0.05) is 23.2 Å². The summed E-state index contributed by atoms with van der Waals surface area (Å²) in [5, 5.41) is 6.66. The molecule has 0 unspecified atom stereocenters. The number of carbonyl (C=O) groups is 1. The third kappa shape index (κ3) is 8.04. The Labute approximate surface area is 193 Å². The van der Waals surface area contributed by atoms with Gasteiger partial charge in [0.2, 0.25) is 5.91 Å². The molecule has 4 nitrogen and oxygen atoms in total. The standard InChI is InChI=1S/C25H25ClN2O2S/c26-23-14-5-4-11-20(23)15-16-24(29)28-25(31)27-21-12-6-13-22(18-21)30-17-7-10-19-8-2-1-3-9-19/h1-6,8-9,11-14,18H,7,10,15-17H2,(H2,27,28,29,31). The van der Waals surface area contributed by atoms with E-state index < -0.39 is 0 Å². The van der Waals surface area contributed by atoms with E-state index in [0.717, 1.165) is 29.8 Å². The normalized spacial score (nSPS) is 10.4. The smallest absolute Gasteiger partial charge is 0.226 e. The molecule has 2 N–H and O–H groups in total. The van der Waals surface area contributed by atoms with Crippen molar-refractivity contribution in [3.8, 4) is 5.75 Å². The number of nitrogens with one attached hydrogen (secondary N) is 2. The van der Waals surface area contributed by atoms with Gasteiger partial charge < -0.3 is 15.4 Å². The molecule has 0 saturated heterocycles. The fourth-order valence-corrected chi connectivity index (χ4v) is 3.54. The van der Waals surface area contributed by atoms with E-state index >= 15 is 0 Å². The highest BCUT2D eigenvalue weighted by molar-refractivity contribution is 7.80. The third-order valence-corrected chi connectivity index (χ3v) is 5.22. The fraction of sp³-hybridized carbons (Fsp3) is 0.200. The predicted octanol–water partition coefficient (Wildman–Crippen LogP) is 5.80. The Morgan fingerprint density at radius 2 is 1.71 bits per heavy atom. The van der Waals surface area contributed by atoms with Gasteiger partial charge >= 0.3 is 0 Å². The van der Waals surface area contributed by atoms with Gasteiger partial charge in [-0.1, -0.05) is 66.2 Å². The molecule has 0 fully saturated rings. The van der Waals surface area contributed by atoms with Crippen LogP contribution in [0.2, 0.25) is 5.02 Å². The average molecular weight is 453 g/mol. The highest BCUT2D eigenvalue weighted by atomic mass is 35.5. The van der Waals surface area contributed by atoms with Crippen molar-refractivity contribution >= 4 is 40.5 Å². The zero-order valence-corrected chi connectivity index (χ0v) is 18.7. The summed E-state index contributed by atoms with van der Waals surface area (Å²) >= 11 is 11.4. The average Bonchev–Trinajstić information content (AvgIpc) is 2.77. The van der Waals surface area contributed by atoms with E-state index in [1.54, 1.807) is 0 Å². The number of anilines is 1. The van der Waals surface area contributed by atoms with Gasteiger partial charge in [0.25, 0.3) is 0 Å². The Bertz CT molecular complexity index is 1010. The van der Waals surface area contributed by atoms with Crippen LogP contribution in [-0.2, 0) is 17.6 Å². The number of rotatable bonds is 9. The number of carbonyl (C=O) groups excluding carboxylic acids is 1. The van der Waals surface area contributed by atoms with Crippen LogP contribution in [0.15, 0.2) is 78.9 Å². The maximum absolute atomic E-state index is 12.2. The number of halogens is 1. The summed E-state index contributed by atoms with van der Waals surface area (Å²) < 4.78 is 5.85. The molecule has 1 amide bonds. The minimum Gasteiger partial charge on any atom is -0.494 e. The van der Waals surface area contributed by atoms with Gasteiger partial charge in [0.05, 0.1) is 6.61 Å². The lowest BCUT2D eigenvalue weighted by Gasteiger charge is -2.12. The van der Waals surface area contributed by atoms with E-state index in [1.807, 2.05) is 66.7 Å². The van der Waals surface area contributed by atoms with Crippen LogP contribution < -0.4 is 15.4 Å². The fourth-order valence-electron chi connectivity index (χ4n) is 3.08. The first-order valence-corrected chi connectivity index (χ1v) is 11.0. The molecule has 31 heavy (non-hydrogen) atoms. The van der Waals surface area contributed by atoms with Crippen molar-refractivity contribution in [1.29, 1.82) is 0 Å². The summed E-state index contributed by atoms with van der Waals surface area (Å²) in [5.74, 6) is 0.594. The zero-order valence-electron chi connectivity index (χ0n) is 17.1. The molecule has 0 aromatic heterocycles. The number of thiocarbonyl (C=S) groups is 1. The summed E-state index contributed by atoms with van der Waals surface area (Å²) in [5.41, 5.74) is 3.00. The molecule has 0 atom stereocenters. The lowest BCUT2D eigenvalue weighted by molar-refractivity contribution is -0.119. The summed E-state index contributed by atoms with van der Waals surface area (Å²) in [6.45, 7) is 0.627. The number of amides is 1. The highest BCUT2D eigenvalue weighted by Crippen LogP contribution is 2.18. The van der Waals surface area contributed by atoms with Gasteiger partial charge in [-0.05, 0) is 60.8 Å². The Morgan fingerprint density at radius 3 is 2.52 bits per heavy atom. The summed E-state index contributed by atoms with van der Waals surface area (Å²) in [6, 6.07) is 25.4. The number of hydrogen-bond donors (Lipinski definition) is 2. The lowest BCUT2D eigenvalue weighted by atomic mass is 10.1. The Balaban J connectivity index is 1.40.